The Hall–Kier alpha value is -1.29. The molecule has 0 saturated carbocycles. The van der Waals surface area contributed by atoms with Crippen molar-refractivity contribution < 1.29 is 9.50 Å². The molecule has 2 atom stereocenters. The first-order valence-electron chi connectivity index (χ1n) is 8.24. The van der Waals surface area contributed by atoms with Gasteiger partial charge in [-0.25, -0.2) is 4.39 Å². The highest BCUT2D eigenvalue weighted by Gasteiger charge is 2.21. The first-order chi connectivity index (χ1) is 12.9. The number of thiophene rings is 1. The monoisotopic (exact) mass is 472 g/mol. The zero-order valence-electron chi connectivity index (χ0n) is 14.5. The predicted octanol–water partition coefficient (Wildman–Crippen LogP) is 3.85. The number of aliphatic hydroxyl groups is 1. The lowest BCUT2D eigenvalue weighted by atomic mass is 10.1. The van der Waals surface area contributed by atoms with Crippen LogP contribution in [0.2, 0.25) is 4.34 Å². The second-order valence-corrected chi connectivity index (χ2v) is 8.68. The smallest absolute Gasteiger partial charge is 0.140 e. The SMILES string of the molecule is Cn1ncc(Br)c1-c1cc(C(O)N[C@H](CN)Cc2cccc(F)c2)sc1Cl. The number of aryl methyl sites for hydroxylation is 1. The summed E-state index contributed by atoms with van der Waals surface area (Å²) < 4.78 is 16.5. The van der Waals surface area contributed by atoms with Crippen molar-refractivity contribution in [2.24, 2.45) is 12.8 Å². The molecule has 0 radical (unpaired) electrons. The summed E-state index contributed by atoms with van der Waals surface area (Å²) in [6.45, 7) is 0.298. The fraction of sp³-hybridized carbons (Fsp3) is 0.278. The zero-order valence-corrected chi connectivity index (χ0v) is 17.7. The van der Waals surface area contributed by atoms with Gasteiger partial charge in [0.2, 0.25) is 0 Å². The molecule has 2 aromatic heterocycles. The minimum absolute atomic E-state index is 0.213. The molecule has 4 N–H and O–H groups in total. The molecule has 1 unspecified atom stereocenters. The Labute approximate surface area is 174 Å². The molecule has 3 aromatic rings. The Morgan fingerprint density at radius 2 is 2.22 bits per heavy atom. The van der Waals surface area contributed by atoms with E-state index in [1.54, 1.807) is 16.9 Å². The molecule has 0 aliphatic heterocycles. The number of hydrogen-bond donors (Lipinski definition) is 3. The maximum absolute atomic E-state index is 13.4. The molecule has 0 aliphatic carbocycles. The number of benzene rings is 1. The Morgan fingerprint density at radius 1 is 1.44 bits per heavy atom. The minimum atomic E-state index is -0.935. The third-order valence-electron chi connectivity index (χ3n) is 4.17. The van der Waals surface area contributed by atoms with Gasteiger partial charge in [-0.05, 0) is 46.1 Å². The van der Waals surface area contributed by atoms with E-state index >= 15 is 0 Å². The summed E-state index contributed by atoms with van der Waals surface area (Å²) >= 11 is 11.1. The molecule has 144 valence electrons. The molecule has 5 nitrogen and oxygen atoms in total. The summed E-state index contributed by atoms with van der Waals surface area (Å²) in [5.41, 5.74) is 8.27. The van der Waals surface area contributed by atoms with E-state index in [1.807, 2.05) is 19.2 Å². The molecule has 0 saturated heterocycles. The second kappa shape index (κ2) is 8.81. The van der Waals surface area contributed by atoms with Crippen molar-refractivity contribution in [1.82, 2.24) is 15.1 Å². The van der Waals surface area contributed by atoms with Crippen molar-refractivity contribution in [2.45, 2.75) is 18.7 Å². The maximum Gasteiger partial charge on any atom is 0.140 e. The number of nitrogens with two attached hydrogens (primary N) is 1. The number of hydrogen-bond acceptors (Lipinski definition) is 5. The predicted molar refractivity (Wildman–Crippen MR) is 110 cm³/mol. The van der Waals surface area contributed by atoms with E-state index in [4.69, 9.17) is 17.3 Å². The van der Waals surface area contributed by atoms with Gasteiger partial charge in [0.05, 0.1) is 21.2 Å². The van der Waals surface area contributed by atoms with Gasteiger partial charge in [0.15, 0.2) is 0 Å². The van der Waals surface area contributed by atoms with Crippen molar-refractivity contribution in [1.29, 1.82) is 0 Å². The largest absolute Gasteiger partial charge is 0.373 e. The number of halogens is 3. The summed E-state index contributed by atoms with van der Waals surface area (Å²) in [5.74, 6) is -0.291. The molecule has 9 heteroatoms. The average Bonchev–Trinajstić information content (AvgIpc) is 3.16. The quantitative estimate of drug-likeness (QED) is 0.456. The van der Waals surface area contributed by atoms with E-state index < -0.39 is 6.23 Å². The van der Waals surface area contributed by atoms with E-state index in [-0.39, 0.29) is 11.9 Å². The first-order valence-corrected chi connectivity index (χ1v) is 10.2. The van der Waals surface area contributed by atoms with Gasteiger partial charge in [-0.15, -0.1) is 11.3 Å². The standard InChI is InChI=1S/C18H19BrClFN4OS/c1-25-16(14(19)9-23-25)13-7-15(27-17(13)20)18(26)24-12(8-22)6-10-3-2-4-11(21)5-10/h2-5,7,9,12,18,24,26H,6,8,22H2,1H3/t12-,18?/m0/s1. The van der Waals surface area contributed by atoms with Crippen LogP contribution in [0.3, 0.4) is 0 Å². The van der Waals surface area contributed by atoms with Gasteiger partial charge in [-0.1, -0.05) is 23.7 Å². The summed E-state index contributed by atoms with van der Waals surface area (Å²) in [5, 5.41) is 17.9. The van der Waals surface area contributed by atoms with Crippen LogP contribution in [0.15, 0.2) is 41.0 Å². The van der Waals surface area contributed by atoms with Gasteiger partial charge < -0.3 is 10.8 Å². The molecule has 0 amide bonds. The lowest BCUT2D eigenvalue weighted by Gasteiger charge is -2.20. The minimum Gasteiger partial charge on any atom is -0.373 e. The van der Waals surface area contributed by atoms with E-state index in [0.717, 1.165) is 21.3 Å². The van der Waals surface area contributed by atoms with Crippen LogP contribution in [-0.4, -0.2) is 27.5 Å². The summed E-state index contributed by atoms with van der Waals surface area (Å²) in [7, 11) is 1.83. The maximum atomic E-state index is 13.4. The van der Waals surface area contributed by atoms with Crippen LogP contribution < -0.4 is 11.1 Å². The number of rotatable bonds is 7. The molecular formula is C18H19BrClFN4OS. The van der Waals surface area contributed by atoms with Gasteiger partial charge in [-0.2, -0.15) is 5.10 Å². The fourth-order valence-electron chi connectivity index (χ4n) is 2.86. The molecule has 3 rings (SSSR count). The Kier molecular flexibility index (Phi) is 6.67. The molecule has 0 aliphatic rings. The lowest BCUT2D eigenvalue weighted by molar-refractivity contribution is 0.127. The van der Waals surface area contributed by atoms with Crippen LogP contribution >= 0.6 is 38.9 Å². The summed E-state index contributed by atoms with van der Waals surface area (Å²) in [6, 6.07) is 7.98. The normalized spacial score (nSPS) is 13.7. The highest BCUT2D eigenvalue weighted by atomic mass is 79.9. The topological polar surface area (TPSA) is 76.1 Å². The van der Waals surface area contributed by atoms with Crippen LogP contribution in [0.25, 0.3) is 11.3 Å². The second-order valence-electron chi connectivity index (χ2n) is 6.14. The number of aliphatic hydroxyl groups excluding tert-OH is 1. The summed E-state index contributed by atoms with van der Waals surface area (Å²) in [4.78, 5) is 0.667. The molecular weight excluding hydrogens is 455 g/mol. The molecule has 27 heavy (non-hydrogen) atoms. The zero-order chi connectivity index (χ0) is 19.6. The molecule has 0 fully saturated rings. The molecule has 2 heterocycles. The Bertz CT molecular complexity index is 912. The lowest BCUT2D eigenvalue weighted by Crippen LogP contribution is -2.40. The van der Waals surface area contributed by atoms with Crippen molar-refractivity contribution in [3.63, 3.8) is 0 Å². The van der Waals surface area contributed by atoms with Crippen LogP contribution in [-0.2, 0) is 13.5 Å². The number of nitrogens with one attached hydrogen (secondary N) is 1. The highest BCUT2D eigenvalue weighted by Crippen LogP contribution is 2.40. The van der Waals surface area contributed by atoms with Crippen LogP contribution in [0.5, 0.6) is 0 Å². The van der Waals surface area contributed by atoms with E-state index in [0.29, 0.717) is 22.2 Å². The number of aromatic nitrogens is 2. The van der Waals surface area contributed by atoms with Gasteiger partial charge >= 0.3 is 0 Å². The molecule has 1 aromatic carbocycles. The van der Waals surface area contributed by atoms with Crippen molar-refractivity contribution in [3.8, 4) is 11.3 Å². The Morgan fingerprint density at radius 3 is 2.85 bits per heavy atom. The summed E-state index contributed by atoms with van der Waals surface area (Å²) in [6.07, 6.45) is 1.27. The van der Waals surface area contributed by atoms with Crippen LogP contribution in [0.1, 0.15) is 16.7 Å². The van der Waals surface area contributed by atoms with Gasteiger partial charge in [0.1, 0.15) is 16.4 Å². The van der Waals surface area contributed by atoms with Gasteiger partial charge in [0, 0.05) is 25.2 Å². The van der Waals surface area contributed by atoms with Crippen molar-refractivity contribution in [2.75, 3.05) is 6.54 Å². The fourth-order valence-corrected chi connectivity index (χ4v) is 4.66. The van der Waals surface area contributed by atoms with E-state index in [2.05, 4.69) is 26.3 Å². The molecule has 0 spiro atoms. The average molecular weight is 474 g/mol. The van der Waals surface area contributed by atoms with Crippen molar-refractivity contribution >= 4 is 38.9 Å². The van der Waals surface area contributed by atoms with Crippen LogP contribution in [0, 0.1) is 5.82 Å². The van der Waals surface area contributed by atoms with E-state index in [1.165, 1.54) is 23.5 Å². The third kappa shape index (κ3) is 4.77. The first kappa shape index (κ1) is 20.4. The molecule has 0 bridgehead atoms. The van der Waals surface area contributed by atoms with Gasteiger partial charge in [0.25, 0.3) is 0 Å². The Balaban J connectivity index is 1.75. The number of nitrogens with zero attached hydrogens (tertiary/aromatic N) is 2. The van der Waals surface area contributed by atoms with Crippen LogP contribution in [0.4, 0.5) is 4.39 Å². The third-order valence-corrected chi connectivity index (χ3v) is 6.17. The van der Waals surface area contributed by atoms with Crippen molar-refractivity contribution in [3.05, 3.63) is 61.6 Å². The van der Waals surface area contributed by atoms with E-state index in [9.17, 15) is 9.50 Å². The van der Waals surface area contributed by atoms with Gasteiger partial charge in [-0.3, -0.25) is 10.00 Å². The highest BCUT2D eigenvalue weighted by molar-refractivity contribution is 9.10.